The standard InChI is InChI=1S/C11H20O4/c1-3-9(12)10(13)5-4-6-11(2)14-7-8-15-11/h9,12H,3-8H2,1-2H3/t9-/m0/s1. The molecule has 1 saturated heterocycles. The third kappa shape index (κ3) is 3.89. The Hall–Kier alpha value is -0.450. The van der Waals surface area contributed by atoms with Gasteiger partial charge in [-0.3, -0.25) is 4.79 Å². The van der Waals surface area contributed by atoms with Crippen LogP contribution in [-0.4, -0.2) is 36.0 Å². The molecule has 1 heterocycles. The van der Waals surface area contributed by atoms with Crippen molar-refractivity contribution in [1.82, 2.24) is 0 Å². The average molecular weight is 216 g/mol. The second-order valence-corrected chi connectivity index (χ2v) is 4.07. The van der Waals surface area contributed by atoms with E-state index in [1.165, 1.54) is 0 Å². The highest BCUT2D eigenvalue weighted by Gasteiger charge is 2.30. The van der Waals surface area contributed by atoms with Gasteiger partial charge in [0.25, 0.3) is 0 Å². The summed E-state index contributed by atoms with van der Waals surface area (Å²) >= 11 is 0. The van der Waals surface area contributed by atoms with E-state index in [1.807, 2.05) is 6.92 Å². The molecule has 0 spiro atoms. The molecule has 4 nitrogen and oxygen atoms in total. The zero-order valence-electron chi connectivity index (χ0n) is 9.49. The molecule has 0 unspecified atom stereocenters. The molecule has 0 aromatic rings. The van der Waals surface area contributed by atoms with Gasteiger partial charge in [-0.2, -0.15) is 0 Å². The van der Waals surface area contributed by atoms with Crippen LogP contribution in [0.2, 0.25) is 0 Å². The van der Waals surface area contributed by atoms with Crippen LogP contribution in [0.1, 0.15) is 39.5 Å². The number of carbonyl (C=O) groups excluding carboxylic acids is 1. The minimum Gasteiger partial charge on any atom is -0.385 e. The van der Waals surface area contributed by atoms with Crippen molar-refractivity contribution >= 4 is 5.78 Å². The number of ether oxygens (including phenoxy) is 2. The largest absolute Gasteiger partial charge is 0.385 e. The maximum absolute atomic E-state index is 11.3. The van der Waals surface area contributed by atoms with Crippen molar-refractivity contribution in [3.63, 3.8) is 0 Å². The SMILES string of the molecule is CC[C@H](O)C(=O)CCCC1(C)OCCO1. The lowest BCUT2D eigenvalue weighted by atomic mass is 10.0. The fourth-order valence-electron chi connectivity index (χ4n) is 1.68. The fourth-order valence-corrected chi connectivity index (χ4v) is 1.68. The van der Waals surface area contributed by atoms with Gasteiger partial charge in [0.1, 0.15) is 6.10 Å². The van der Waals surface area contributed by atoms with E-state index in [1.54, 1.807) is 6.92 Å². The summed E-state index contributed by atoms with van der Waals surface area (Å²) in [6, 6.07) is 0. The first kappa shape index (κ1) is 12.6. The molecule has 1 aliphatic rings. The summed E-state index contributed by atoms with van der Waals surface area (Å²) in [5.74, 6) is -0.601. The summed E-state index contributed by atoms with van der Waals surface area (Å²) in [4.78, 5) is 11.3. The van der Waals surface area contributed by atoms with Gasteiger partial charge in [0.2, 0.25) is 0 Å². The van der Waals surface area contributed by atoms with E-state index in [9.17, 15) is 9.90 Å². The van der Waals surface area contributed by atoms with Crippen LogP contribution in [0.25, 0.3) is 0 Å². The van der Waals surface area contributed by atoms with Gasteiger partial charge in [-0.15, -0.1) is 0 Å². The smallest absolute Gasteiger partial charge is 0.165 e. The number of rotatable bonds is 6. The Morgan fingerprint density at radius 2 is 2.07 bits per heavy atom. The van der Waals surface area contributed by atoms with Crippen LogP contribution >= 0.6 is 0 Å². The lowest BCUT2D eigenvalue weighted by Gasteiger charge is -2.21. The molecule has 15 heavy (non-hydrogen) atoms. The van der Waals surface area contributed by atoms with Crippen LogP contribution in [0.5, 0.6) is 0 Å². The van der Waals surface area contributed by atoms with Gasteiger partial charge in [-0.1, -0.05) is 6.92 Å². The lowest BCUT2D eigenvalue weighted by Crippen LogP contribution is -2.26. The van der Waals surface area contributed by atoms with Crippen molar-refractivity contribution in [2.45, 2.75) is 51.4 Å². The number of hydrogen-bond donors (Lipinski definition) is 1. The van der Waals surface area contributed by atoms with Crippen LogP contribution < -0.4 is 0 Å². The molecule has 0 bridgehead atoms. The number of Topliss-reactive ketones (excluding diaryl/α,β-unsaturated/α-hetero) is 1. The third-order valence-electron chi connectivity index (χ3n) is 2.71. The van der Waals surface area contributed by atoms with Crippen LogP contribution in [-0.2, 0) is 14.3 Å². The van der Waals surface area contributed by atoms with Crippen molar-refractivity contribution in [2.24, 2.45) is 0 Å². The zero-order valence-corrected chi connectivity index (χ0v) is 9.49. The molecule has 0 saturated carbocycles. The van der Waals surface area contributed by atoms with E-state index in [0.29, 0.717) is 38.9 Å². The Kier molecular flexibility index (Phi) is 4.70. The van der Waals surface area contributed by atoms with Crippen LogP contribution in [0.4, 0.5) is 0 Å². The molecule has 1 N–H and O–H groups in total. The Bertz CT molecular complexity index is 209. The number of aliphatic hydroxyl groups excluding tert-OH is 1. The maximum atomic E-state index is 11.3. The maximum Gasteiger partial charge on any atom is 0.165 e. The van der Waals surface area contributed by atoms with Gasteiger partial charge >= 0.3 is 0 Å². The summed E-state index contributed by atoms with van der Waals surface area (Å²) in [6.45, 7) is 4.94. The van der Waals surface area contributed by atoms with Crippen molar-refractivity contribution in [1.29, 1.82) is 0 Å². The van der Waals surface area contributed by atoms with Crippen LogP contribution in [0.3, 0.4) is 0 Å². The van der Waals surface area contributed by atoms with Gasteiger partial charge in [0.15, 0.2) is 11.6 Å². The van der Waals surface area contributed by atoms with E-state index in [0.717, 1.165) is 0 Å². The second kappa shape index (κ2) is 5.58. The van der Waals surface area contributed by atoms with Crippen molar-refractivity contribution in [3.05, 3.63) is 0 Å². The number of ketones is 1. The van der Waals surface area contributed by atoms with E-state index >= 15 is 0 Å². The van der Waals surface area contributed by atoms with Gasteiger partial charge in [-0.25, -0.2) is 0 Å². The number of hydrogen-bond acceptors (Lipinski definition) is 4. The number of aliphatic hydroxyl groups is 1. The first-order valence-electron chi connectivity index (χ1n) is 5.56. The van der Waals surface area contributed by atoms with Crippen LogP contribution in [0, 0.1) is 0 Å². The quantitative estimate of drug-likeness (QED) is 0.726. The second-order valence-electron chi connectivity index (χ2n) is 4.07. The monoisotopic (exact) mass is 216 g/mol. The average Bonchev–Trinajstić information content (AvgIpc) is 2.64. The Labute approximate surface area is 90.6 Å². The highest BCUT2D eigenvalue weighted by Crippen LogP contribution is 2.24. The predicted octanol–water partition coefficient (Wildman–Crippen LogP) is 1.26. The first-order chi connectivity index (χ1) is 7.07. The summed E-state index contributed by atoms with van der Waals surface area (Å²) < 4.78 is 10.8. The Morgan fingerprint density at radius 3 is 2.60 bits per heavy atom. The molecule has 0 radical (unpaired) electrons. The van der Waals surface area contributed by atoms with E-state index in [4.69, 9.17) is 9.47 Å². The Morgan fingerprint density at radius 1 is 1.47 bits per heavy atom. The number of carbonyl (C=O) groups is 1. The first-order valence-corrected chi connectivity index (χ1v) is 5.56. The molecule has 0 aliphatic carbocycles. The van der Waals surface area contributed by atoms with Gasteiger partial charge in [0.05, 0.1) is 13.2 Å². The summed E-state index contributed by atoms with van der Waals surface area (Å²) in [7, 11) is 0. The summed E-state index contributed by atoms with van der Waals surface area (Å²) in [5, 5.41) is 9.27. The fraction of sp³-hybridized carbons (Fsp3) is 0.909. The highest BCUT2D eigenvalue weighted by atomic mass is 16.7. The van der Waals surface area contributed by atoms with Gasteiger partial charge in [-0.05, 0) is 19.8 Å². The van der Waals surface area contributed by atoms with Crippen molar-refractivity contribution in [3.8, 4) is 0 Å². The third-order valence-corrected chi connectivity index (χ3v) is 2.71. The van der Waals surface area contributed by atoms with Crippen molar-refractivity contribution < 1.29 is 19.4 Å². The normalized spacial score (nSPS) is 21.5. The van der Waals surface area contributed by atoms with Gasteiger partial charge < -0.3 is 14.6 Å². The topological polar surface area (TPSA) is 55.8 Å². The minimum absolute atomic E-state index is 0.0842. The molecular weight excluding hydrogens is 196 g/mol. The predicted molar refractivity (Wildman–Crippen MR) is 55.5 cm³/mol. The molecular formula is C11H20O4. The molecule has 1 aliphatic heterocycles. The Balaban J connectivity index is 2.18. The lowest BCUT2D eigenvalue weighted by molar-refractivity contribution is -0.148. The summed E-state index contributed by atoms with van der Waals surface area (Å²) in [5.41, 5.74) is 0. The molecule has 4 heteroatoms. The molecule has 88 valence electrons. The summed E-state index contributed by atoms with van der Waals surface area (Å²) in [6.07, 6.45) is 1.49. The van der Waals surface area contributed by atoms with Crippen molar-refractivity contribution in [2.75, 3.05) is 13.2 Å². The van der Waals surface area contributed by atoms with Gasteiger partial charge in [0, 0.05) is 12.8 Å². The van der Waals surface area contributed by atoms with Crippen LogP contribution in [0.15, 0.2) is 0 Å². The minimum atomic E-state index is -0.803. The molecule has 1 atom stereocenters. The molecule has 1 rings (SSSR count). The van der Waals surface area contributed by atoms with E-state index in [2.05, 4.69) is 0 Å². The molecule has 0 amide bonds. The molecule has 1 fully saturated rings. The van der Waals surface area contributed by atoms with E-state index < -0.39 is 11.9 Å². The highest BCUT2D eigenvalue weighted by molar-refractivity contribution is 5.82. The molecule has 0 aromatic carbocycles. The molecule has 0 aromatic heterocycles. The zero-order chi connectivity index (χ0) is 11.3. The van der Waals surface area contributed by atoms with E-state index in [-0.39, 0.29) is 5.78 Å².